The lowest BCUT2D eigenvalue weighted by molar-refractivity contribution is 0.00173. The zero-order valence-corrected chi connectivity index (χ0v) is 10.9. The third-order valence-corrected chi connectivity index (χ3v) is 4.51. The van der Waals surface area contributed by atoms with E-state index in [4.69, 9.17) is 16.3 Å². The highest BCUT2D eigenvalue weighted by Gasteiger charge is 2.57. The van der Waals surface area contributed by atoms with Crippen LogP contribution < -0.4 is 0 Å². The number of hydrogen-bond acceptors (Lipinski definition) is 3. The standard InChI is InChI=1S/C14H13ClFNO2/c15-10-3-1-2-9(12(10)16)13(18)14(7-17)6-8-4-5-11(14)19-8/h1-3,8,11,13,18H,4-6H2. The average Bonchev–Trinajstić information content (AvgIpc) is 3.02. The molecule has 2 aliphatic rings. The van der Waals surface area contributed by atoms with E-state index in [2.05, 4.69) is 6.07 Å². The van der Waals surface area contributed by atoms with E-state index >= 15 is 0 Å². The second-order valence-corrected chi connectivity index (χ2v) is 5.63. The molecule has 0 amide bonds. The predicted octanol–water partition coefficient (Wildman–Crippen LogP) is 2.97. The Hall–Kier alpha value is -1.15. The Morgan fingerprint density at radius 2 is 2.32 bits per heavy atom. The number of nitrogens with zero attached hydrogens (tertiary/aromatic N) is 1. The summed E-state index contributed by atoms with van der Waals surface area (Å²) in [4.78, 5) is 0. The molecule has 19 heavy (non-hydrogen) atoms. The predicted molar refractivity (Wildman–Crippen MR) is 66.9 cm³/mol. The molecule has 4 atom stereocenters. The number of halogens is 2. The van der Waals surface area contributed by atoms with Gasteiger partial charge in [0.25, 0.3) is 0 Å². The molecule has 2 fully saturated rings. The summed E-state index contributed by atoms with van der Waals surface area (Å²) in [5, 5.41) is 19.9. The molecule has 4 unspecified atom stereocenters. The highest BCUT2D eigenvalue weighted by Crippen LogP contribution is 2.54. The van der Waals surface area contributed by atoms with Gasteiger partial charge in [0, 0.05) is 5.56 Å². The fraction of sp³-hybridized carbons (Fsp3) is 0.500. The van der Waals surface area contributed by atoms with Crippen LogP contribution in [0.4, 0.5) is 4.39 Å². The number of aliphatic hydroxyl groups is 1. The summed E-state index contributed by atoms with van der Waals surface area (Å²) in [5.74, 6) is -0.658. The van der Waals surface area contributed by atoms with Gasteiger partial charge in [0.1, 0.15) is 17.3 Å². The fourth-order valence-electron chi connectivity index (χ4n) is 3.22. The van der Waals surface area contributed by atoms with Crippen LogP contribution in [0.2, 0.25) is 5.02 Å². The van der Waals surface area contributed by atoms with Crippen molar-refractivity contribution in [1.82, 2.24) is 0 Å². The Labute approximate surface area is 115 Å². The van der Waals surface area contributed by atoms with Crippen LogP contribution in [-0.4, -0.2) is 17.3 Å². The third-order valence-electron chi connectivity index (χ3n) is 4.22. The van der Waals surface area contributed by atoms with Crippen molar-refractivity contribution in [3.8, 4) is 6.07 Å². The maximum Gasteiger partial charge on any atom is 0.147 e. The van der Waals surface area contributed by atoms with E-state index in [1.807, 2.05) is 0 Å². The van der Waals surface area contributed by atoms with Crippen molar-refractivity contribution in [3.63, 3.8) is 0 Å². The number of nitriles is 1. The maximum atomic E-state index is 14.0. The maximum absolute atomic E-state index is 14.0. The molecule has 1 N–H and O–H groups in total. The Morgan fingerprint density at radius 1 is 1.53 bits per heavy atom. The molecule has 0 radical (unpaired) electrons. The van der Waals surface area contributed by atoms with E-state index in [1.54, 1.807) is 6.07 Å². The normalized spacial score (nSPS) is 34.2. The average molecular weight is 282 g/mol. The minimum atomic E-state index is -1.22. The molecule has 3 rings (SSSR count). The number of ether oxygens (including phenoxy) is 1. The van der Waals surface area contributed by atoms with E-state index in [1.165, 1.54) is 12.1 Å². The van der Waals surface area contributed by atoms with Gasteiger partial charge in [0.15, 0.2) is 0 Å². The fourth-order valence-corrected chi connectivity index (χ4v) is 3.40. The summed E-state index contributed by atoms with van der Waals surface area (Å²) < 4.78 is 19.7. The number of rotatable bonds is 2. The van der Waals surface area contributed by atoms with Gasteiger partial charge in [0.05, 0.1) is 23.3 Å². The molecule has 0 spiro atoms. The largest absolute Gasteiger partial charge is 0.387 e. The molecule has 100 valence electrons. The first-order chi connectivity index (χ1) is 9.08. The Bertz CT molecular complexity index is 559. The molecule has 2 heterocycles. The van der Waals surface area contributed by atoms with Gasteiger partial charge in [-0.25, -0.2) is 4.39 Å². The topological polar surface area (TPSA) is 53.2 Å². The summed E-state index contributed by atoms with van der Waals surface area (Å²) >= 11 is 5.73. The molecule has 2 aliphatic heterocycles. The van der Waals surface area contributed by atoms with Gasteiger partial charge in [-0.15, -0.1) is 0 Å². The van der Waals surface area contributed by atoms with E-state index in [-0.39, 0.29) is 22.8 Å². The Balaban J connectivity index is 2.01. The van der Waals surface area contributed by atoms with Crippen molar-refractivity contribution in [2.24, 2.45) is 5.41 Å². The van der Waals surface area contributed by atoms with Crippen molar-refractivity contribution in [2.45, 2.75) is 37.6 Å². The minimum Gasteiger partial charge on any atom is -0.387 e. The second kappa shape index (κ2) is 4.45. The van der Waals surface area contributed by atoms with Crippen molar-refractivity contribution in [3.05, 3.63) is 34.6 Å². The van der Waals surface area contributed by atoms with Gasteiger partial charge in [-0.3, -0.25) is 0 Å². The number of hydrogen-bond donors (Lipinski definition) is 1. The van der Waals surface area contributed by atoms with Crippen LogP contribution in [0.3, 0.4) is 0 Å². The van der Waals surface area contributed by atoms with Crippen LogP contribution in [0.1, 0.15) is 30.9 Å². The highest BCUT2D eigenvalue weighted by atomic mass is 35.5. The van der Waals surface area contributed by atoms with Gasteiger partial charge in [-0.2, -0.15) is 5.26 Å². The van der Waals surface area contributed by atoms with Crippen molar-refractivity contribution >= 4 is 11.6 Å². The first kappa shape index (κ1) is 12.9. The van der Waals surface area contributed by atoms with Gasteiger partial charge in [0.2, 0.25) is 0 Å². The van der Waals surface area contributed by atoms with E-state index in [9.17, 15) is 14.8 Å². The van der Waals surface area contributed by atoms with Crippen LogP contribution in [0.25, 0.3) is 0 Å². The van der Waals surface area contributed by atoms with E-state index in [0.717, 1.165) is 12.8 Å². The molecular weight excluding hydrogens is 269 g/mol. The molecule has 2 bridgehead atoms. The first-order valence-electron chi connectivity index (χ1n) is 6.27. The molecule has 1 aromatic carbocycles. The lowest BCUT2D eigenvalue weighted by Crippen LogP contribution is -2.37. The molecule has 0 aromatic heterocycles. The van der Waals surface area contributed by atoms with Crippen molar-refractivity contribution in [1.29, 1.82) is 5.26 Å². The molecule has 1 aromatic rings. The van der Waals surface area contributed by atoms with Crippen molar-refractivity contribution < 1.29 is 14.2 Å². The number of aliphatic hydroxyl groups excluding tert-OH is 1. The monoisotopic (exact) mass is 281 g/mol. The van der Waals surface area contributed by atoms with Gasteiger partial charge >= 0.3 is 0 Å². The molecule has 5 heteroatoms. The number of fused-ring (bicyclic) bond motifs is 2. The lowest BCUT2D eigenvalue weighted by atomic mass is 9.69. The molecule has 2 saturated heterocycles. The molecule has 3 nitrogen and oxygen atoms in total. The van der Waals surface area contributed by atoms with E-state index < -0.39 is 17.3 Å². The van der Waals surface area contributed by atoms with Crippen LogP contribution >= 0.6 is 11.6 Å². The third kappa shape index (κ3) is 1.77. The summed E-state index contributed by atoms with van der Waals surface area (Å²) in [6.45, 7) is 0. The summed E-state index contributed by atoms with van der Waals surface area (Å²) in [7, 11) is 0. The van der Waals surface area contributed by atoms with Crippen LogP contribution in [0, 0.1) is 22.6 Å². The Morgan fingerprint density at radius 3 is 2.89 bits per heavy atom. The molecular formula is C14H13ClFNO2. The Kier molecular flexibility index (Phi) is 3.01. The van der Waals surface area contributed by atoms with Crippen molar-refractivity contribution in [2.75, 3.05) is 0 Å². The minimum absolute atomic E-state index is 0.00143. The summed E-state index contributed by atoms with van der Waals surface area (Å²) in [6.07, 6.45) is 0.543. The molecule has 0 saturated carbocycles. The summed E-state index contributed by atoms with van der Waals surface area (Å²) in [6, 6.07) is 6.63. The second-order valence-electron chi connectivity index (χ2n) is 5.23. The first-order valence-corrected chi connectivity index (χ1v) is 6.65. The zero-order valence-electron chi connectivity index (χ0n) is 10.1. The lowest BCUT2D eigenvalue weighted by Gasteiger charge is -2.33. The van der Waals surface area contributed by atoms with Crippen LogP contribution in [0.15, 0.2) is 18.2 Å². The van der Waals surface area contributed by atoms with Crippen LogP contribution in [0.5, 0.6) is 0 Å². The SMILES string of the molecule is N#CC1(C(O)c2cccc(Cl)c2F)CC2CCC1O2. The van der Waals surface area contributed by atoms with E-state index in [0.29, 0.717) is 6.42 Å². The zero-order chi connectivity index (χ0) is 13.6. The van der Waals surface area contributed by atoms with Gasteiger partial charge < -0.3 is 9.84 Å². The van der Waals surface area contributed by atoms with Crippen LogP contribution in [-0.2, 0) is 4.74 Å². The molecule has 0 aliphatic carbocycles. The number of benzene rings is 1. The van der Waals surface area contributed by atoms with Gasteiger partial charge in [-0.1, -0.05) is 23.7 Å². The quantitative estimate of drug-likeness (QED) is 0.907. The highest BCUT2D eigenvalue weighted by molar-refractivity contribution is 6.30. The smallest absolute Gasteiger partial charge is 0.147 e. The summed E-state index contributed by atoms with van der Waals surface area (Å²) in [5.41, 5.74) is -0.987. The van der Waals surface area contributed by atoms with Gasteiger partial charge in [-0.05, 0) is 25.3 Å².